The number of amides is 1. The maximum atomic E-state index is 12.1. The van der Waals surface area contributed by atoms with E-state index >= 15 is 0 Å². The first-order valence-corrected chi connectivity index (χ1v) is 8.87. The zero-order valence-electron chi connectivity index (χ0n) is 11.9. The highest BCUT2D eigenvalue weighted by Crippen LogP contribution is 2.36. The third kappa shape index (κ3) is 3.03. The summed E-state index contributed by atoms with van der Waals surface area (Å²) in [7, 11) is 0. The van der Waals surface area contributed by atoms with E-state index in [-0.39, 0.29) is 11.8 Å². The number of thiazole rings is 1. The molecule has 0 unspecified atom stereocenters. The van der Waals surface area contributed by atoms with Gasteiger partial charge < -0.3 is 10.2 Å². The third-order valence-electron chi connectivity index (χ3n) is 3.54. The van der Waals surface area contributed by atoms with Crippen LogP contribution in [0.1, 0.15) is 0 Å². The summed E-state index contributed by atoms with van der Waals surface area (Å²) in [6.07, 6.45) is -0.491. The molecular weight excluding hydrogens is 328 g/mol. The van der Waals surface area contributed by atoms with Crippen molar-refractivity contribution in [3.63, 3.8) is 0 Å². The Morgan fingerprint density at radius 3 is 3.00 bits per heavy atom. The highest BCUT2D eigenvalue weighted by molar-refractivity contribution is 7.98. The van der Waals surface area contributed by atoms with Crippen LogP contribution in [0.2, 0.25) is 0 Å². The van der Waals surface area contributed by atoms with E-state index in [1.165, 1.54) is 0 Å². The normalized spacial score (nSPS) is 15.4. The first-order chi connectivity index (χ1) is 10.6. The van der Waals surface area contributed by atoms with Crippen LogP contribution in [0.3, 0.4) is 0 Å². The van der Waals surface area contributed by atoms with Gasteiger partial charge in [-0.2, -0.15) is 0 Å². The molecule has 1 aliphatic heterocycles. The Kier molecular flexibility index (Phi) is 4.49. The monoisotopic (exact) mass is 343 g/mol. The second kappa shape index (κ2) is 6.37. The van der Waals surface area contributed by atoms with Crippen molar-refractivity contribution in [1.29, 1.82) is 0 Å². The fourth-order valence-corrected chi connectivity index (χ4v) is 3.97. The number of aromatic nitrogens is 1. The number of benzene rings is 1. The lowest BCUT2D eigenvalue weighted by molar-refractivity contribution is -0.126. The zero-order chi connectivity index (χ0) is 15.7. The van der Waals surface area contributed by atoms with Crippen LogP contribution in [-0.4, -0.2) is 43.2 Å². The van der Waals surface area contributed by atoms with Crippen LogP contribution in [0.25, 0.3) is 10.2 Å². The SMILES string of the molecule is CSc1cccc2sc(N3CC(C(=O)NCC(F)F)C3)nc12. The minimum Gasteiger partial charge on any atom is -0.350 e. The molecule has 4 nitrogen and oxygen atoms in total. The van der Waals surface area contributed by atoms with Crippen molar-refractivity contribution in [3.05, 3.63) is 18.2 Å². The average molecular weight is 343 g/mol. The molecule has 118 valence electrons. The second-order valence-corrected chi connectivity index (χ2v) is 6.90. The van der Waals surface area contributed by atoms with Crippen LogP contribution in [0.15, 0.2) is 23.1 Å². The minimum atomic E-state index is -2.51. The molecule has 1 aliphatic rings. The molecule has 22 heavy (non-hydrogen) atoms. The molecule has 1 saturated heterocycles. The zero-order valence-corrected chi connectivity index (χ0v) is 13.5. The number of carbonyl (C=O) groups excluding carboxylic acids is 1. The van der Waals surface area contributed by atoms with Crippen LogP contribution < -0.4 is 10.2 Å². The molecule has 1 fully saturated rings. The number of rotatable bonds is 5. The first-order valence-electron chi connectivity index (χ1n) is 6.83. The van der Waals surface area contributed by atoms with Crippen molar-refractivity contribution >= 4 is 44.4 Å². The van der Waals surface area contributed by atoms with Gasteiger partial charge in [0.15, 0.2) is 5.13 Å². The summed E-state index contributed by atoms with van der Waals surface area (Å²) in [5.41, 5.74) is 0.987. The molecule has 2 aromatic rings. The number of alkyl halides is 2. The molecular formula is C14H15F2N3OS2. The van der Waals surface area contributed by atoms with Crippen LogP contribution in [0.5, 0.6) is 0 Å². The molecule has 3 rings (SSSR count). The van der Waals surface area contributed by atoms with Gasteiger partial charge in [0.05, 0.1) is 22.7 Å². The van der Waals surface area contributed by atoms with Gasteiger partial charge in [0.2, 0.25) is 5.91 Å². The molecule has 1 aromatic heterocycles. The molecule has 0 bridgehead atoms. The van der Waals surface area contributed by atoms with Crippen LogP contribution >= 0.6 is 23.1 Å². The van der Waals surface area contributed by atoms with Gasteiger partial charge in [-0.3, -0.25) is 4.79 Å². The standard InChI is InChI=1S/C14H15F2N3OS2/c1-21-9-3-2-4-10-12(9)18-14(22-10)19-6-8(7-19)13(20)17-5-11(15)16/h2-4,8,11H,5-7H2,1H3,(H,17,20). The van der Waals surface area contributed by atoms with Crippen LogP contribution in [0.4, 0.5) is 13.9 Å². The Labute approximate surface area is 134 Å². The highest BCUT2D eigenvalue weighted by atomic mass is 32.2. The third-order valence-corrected chi connectivity index (χ3v) is 5.39. The number of nitrogens with zero attached hydrogens (tertiary/aromatic N) is 2. The number of hydrogen-bond acceptors (Lipinski definition) is 5. The van der Waals surface area contributed by atoms with E-state index in [1.807, 2.05) is 29.4 Å². The number of nitrogens with one attached hydrogen (secondary N) is 1. The van der Waals surface area contributed by atoms with Crippen molar-refractivity contribution in [1.82, 2.24) is 10.3 Å². The summed E-state index contributed by atoms with van der Waals surface area (Å²) in [6, 6.07) is 6.07. The van der Waals surface area contributed by atoms with Crippen LogP contribution in [-0.2, 0) is 4.79 Å². The molecule has 0 radical (unpaired) electrons. The minimum absolute atomic E-state index is 0.231. The molecule has 0 spiro atoms. The molecule has 1 amide bonds. The summed E-state index contributed by atoms with van der Waals surface area (Å²) in [6.45, 7) is 0.487. The van der Waals surface area contributed by atoms with Gasteiger partial charge in [0.25, 0.3) is 6.43 Å². The van der Waals surface area contributed by atoms with Crippen LogP contribution in [0, 0.1) is 5.92 Å². The van der Waals surface area contributed by atoms with E-state index in [0.717, 1.165) is 20.2 Å². The maximum Gasteiger partial charge on any atom is 0.255 e. The Hall–Kier alpha value is -1.41. The lowest BCUT2D eigenvalue weighted by Crippen LogP contribution is -2.54. The molecule has 0 aliphatic carbocycles. The van der Waals surface area contributed by atoms with E-state index in [2.05, 4.69) is 10.3 Å². The summed E-state index contributed by atoms with van der Waals surface area (Å²) >= 11 is 3.25. The van der Waals surface area contributed by atoms with E-state index < -0.39 is 13.0 Å². The van der Waals surface area contributed by atoms with E-state index in [4.69, 9.17) is 0 Å². The molecule has 0 saturated carbocycles. The van der Waals surface area contributed by atoms with Crippen molar-refractivity contribution in [2.45, 2.75) is 11.3 Å². The molecule has 8 heteroatoms. The Morgan fingerprint density at radius 2 is 2.32 bits per heavy atom. The summed E-state index contributed by atoms with van der Waals surface area (Å²) < 4.78 is 25.3. The number of hydrogen-bond donors (Lipinski definition) is 1. The molecule has 2 heterocycles. The number of anilines is 1. The van der Waals surface area contributed by atoms with E-state index in [1.54, 1.807) is 23.1 Å². The summed E-state index contributed by atoms with van der Waals surface area (Å²) in [5.74, 6) is -0.534. The number of carbonyl (C=O) groups is 1. The fraction of sp³-hybridized carbons (Fsp3) is 0.429. The summed E-state index contributed by atoms with van der Waals surface area (Å²) in [4.78, 5) is 19.5. The predicted octanol–water partition coefficient (Wildman–Crippen LogP) is 2.84. The number of fused-ring (bicyclic) bond motifs is 1. The lowest BCUT2D eigenvalue weighted by Gasteiger charge is -2.37. The van der Waals surface area contributed by atoms with Crippen molar-refractivity contribution < 1.29 is 13.6 Å². The van der Waals surface area contributed by atoms with Gasteiger partial charge in [-0.25, -0.2) is 13.8 Å². The number of thioether (sulfide) groups is 1. The van der Waals surface area contributed by atoms with Gasteiger partial charge in [0.1, 0.15) is 0 Å². The molecule has 0 atom stereocenters. The largest absolute Gasteiger partial charge is 0.350 e. The number of halogens is 2. The predicted molar refractivity (Wildman–Crippen MR) is 86.1 cm³/mol. The lowest BCUT2D eigenvalue weighted by atomic mass is 10.0. The molecule has 1 aromatic carbocycles. The Balaban J connectivity index is 1.64. The number of para-hydroxylation sites is 1. The first kappa shape index (κ1) is 15.5. The van der Waals surface area contributed by atoms with Crippen molar-refractivity contribution in [3.8, 4) is 0 Å². The van der Waals surface area contributed by atoms with Crippen molar-refractivity contribution in [2.24, 2.45) is 5.92 Å². The van der Waals surface area contributed by atoms with Gasteiger partial charge in [-0.05, 0) is 18.4 Å². The summed E-state index contributed by atoms with van der Waals surface area (Å²) in [5, 5.41) is 3.15. The van der Waals surface area contributed by atoms with Gasteiger partial charge in [-0.1, -0.05) is 17.4 Å². The van der Waals surface area contributed by atoms with E-state index in [0.29, 0.717) is 13.1 Å². The Morgan fingerprint density at radius 1 is 1.55 bits per heavy atom. The average Bonchev–Trinajstić information content (AvgIpc) is 2.86. The van der Waals surface area contributed by atoms with E-state index in [9.17, 15) is 13.6 Å². The highest BCUT2D eigenvalue weighted by Gasteiger charge is 2.34. The smallest absolute Gasteiger partial charge is 0.255 e. The van der Waals surface area contributed by atoms with Gasteiger partial charge in [0, 0.05) is 18.0 Å². The fourth-order valence-electron chi connectivity index (χ4n) is 2.33. The quantitative estimate of drug-likeness (QED) is 0.848. The topological polar surface area (TPSA) is 45.2 Å². The van der Waals surface area contributed by atoms with Crippen molar-refractivity contribution in [2.75, 3.05) is 30.8 Å². The van der Waals surface area contributed by atoms with Gasteiger partial charge >= 0.3 is 0 Å². The Bertz CT molecular complexity index is 686. The second-order valence-electron chi connectivity index (χ2n) is 5.04. The van der Waals surface area contributed by atoms with Gasteiger partial charge in [-0.15, -0.1) is 11.8 Å². The molecule has 1 N–H and O–H groups in total. The maximum absolute atomic E-state index is 12.1.